The van der Waals surface area contributed by atoms with E-state index in [1.807, 2.05) is 12.1 Å². The molecular formula is C15H21N3O. The quantitative estimate of drug-likeness (QED) is 0.761. The lowest BCUT2D eigenvalue weighted by atomic mass is 10.1. The molecule has 0 aromatic carbocycles. The number of anilines is 1. The van der Waals surface area contributed by atoms with Crippen molar-refractivity contribution in [3.8, 4) is 0 Å². The summed E-state index contributed by atoms with van der Waals surface area (Å²) in [6, 6.07) is 5.26. The minimum absolute atomic E-state index is 0.0775. The first kappa shape index (κ1) is 12.6. The number of hydrogen-bond acceptors (Lipinski definition) is 4. The summed E-state index contributed by atoms with van der Waals surface area (Å²) in [5.41, 5.74) is 0.692. The smallest absolute Gasteiger partial charge is 0.161 e. The number of nitrogens with zero attached hydrogens (tertiary/aromatic N) is 3. The molecule has 2 unspecified atom stereocenters. The molecule has 3 rings (SSSR count). The fourth-order valence-corrected chi connectivity index (χ4v) is 3.30. The average molecular weight is 259 g/mol. The molecule has 3 heterocycles. The number of Topliss-reactive ketones (excluding diaryl/α,β-unsaturated/α-hetero) is 1. The summed E-state index contributed by atoms with van der Waals surface area (Å²) in [4.78, 5) is 20.6. The standard InChI is InChI=1S/C15H21N3O/c1-11(19)12-3-6-15(16-9-12)18-8-7-13-4-5-14(10-18)17(13)2/h3,6,9,13-14H,4-5,7-8,10H2,1-2H3. The molecule has 2 atom stereocenters. The maximum atomic E-state index is 11.3. The van der Waals surface area contributed by atoms with Crippen LogP contribution in [0.25, 0.3) is 0 Å². The Hall–Kier alpha value is -1.42. The van der Waals surface area contributed by atoms with E-state index in [-0.39, 0.29) is 5.78 Å². The highest BCUT2D eigenvalue weighted by Gasteiger charge is 2.34. The van der Waals surface area contributed by atoms with Crippen LogP contribution >= 0.6 is 0 Å². The van der Waals surface area contributed by atoms with Crippen molar-refractivity contribution >= 4 is 11.6 Å². The van der Waals surface area contributed by atoms with Crippen LogP contribution in [0.3, 0.4) is 0 Å². The van der Waals surface area contributed by atoms with Gasteiger partial charge in [0, 0.05) is 36.9 Å². The summed E-state index contributed by atoms with van der Waals surface area (Å²) in [6.07, 6.45) is 5.54. The molecule has 1 aromatic rings. The molecule has 2 saturated heterocycles. The van der Waals surface area contributed by atoms with Crippen LogP contribution in [0.4, 0.5) is 5.82 Å². The van der Waals surface area contributed by atoms with Crippen molar-refractivity contribution in [1.29, 1.82) is 0 Å². The number of pyridine rings is 1. The Morgan fingerprint density at radius 2 is 2.05 bits per heavy atom. The summed E-state index contributed by atoms with van der Waals surface area (Å²) < 4.78 is 0. The van der Waals surface area contributed by atoms with Crippen LogP contribution in [0.2, 0.25) is 0 Å². The molecule has 0 N–H and O–H groups in total. The Kier molecular flexibility index (Phi) is 3.27. The maximum absolute atomic E-state index is 11.3. The molecule has 4 nitrogen and oxygen atoms in total. The lowest BCUT2D eigenvalue weighted by molar-refractivity contribution is 0.101. The van der Waals surface area contributed by atoms with E-state index in [4.69, 9.17) is 0 Å². The Morgan fingerprint density at radius 3 is 2.74 bits per heavy atom. The van der Waals surface area contributed by atoms with Gasteiger partial charge in [-0.15, -0.1) is 0 Å². The van der Waals surface area contributed by atoms with Crippen molar-refractivity contribution in [3.63, 3.8) is 0 Å². The van der Waals surface area contributed by atoms with Gasteiger partial charge in [0.2, 0.25) is 0 Å². The number of ketones is 1. The predicted molar refractivity (Wildman–Crippen MR) is 75.6 cm³/mol. The largest absolute Gasteiger partial charge is 0.355 e. The molecule has 19 heavy (non-hydrogen) atoms. The molecule has 2 fully saturated rings. The van der Waals surface area contributed by atoms with Gasteiger partial charge in [0.15, 0.2) is 5.78 Å². The summed E-state index contributed by atoms with van der Waals surface area (Å²) in [5.74, 6) is 1.08. The van der Waals surface area contributed by atoms with Crippen molar-refractivity contribution < 1.29 is 4.79 Å². The van der Waals surface area contributed by atoms with E-state index >= 15 is 0 Å². The molecule has 2 aliphatic heterocycles. The van der Waals surface area contributed by atoms with Crippen LogP contribution in [-0.2, 0) is 0 Å². The van der Waals surface area contributed by atoms with E-state index in [0.29, 0.717) is 11.6 Å². The zero-order valence-electron chi connectivity index (χ0n) is 11.7. The predicted octanol–water partition coefficient (Wildman–Crippen LogP) is 1.96. The van der Waals surface area contributed by atoms with Gasteiger partial charge in [-0.2, -0.15) is 0 Å². The first-order chi connectivity index (χ1) is 9.15. The van der Waals surface area contributed by atoms with Gasteiger partial charge in [0.1, 0.15) is 5.82 Å². The normalized spacial score (nSPS) is 27.4. The van der Waals surface area contributed by atoms with Crippen molar-refractivity contribution in [1.82, 2.24) is 9.88 Å². The van der Waals surface area contributed by atoms with E-state index in [1.54, 1.807) is 13.1 Å². The monoisotopic (exact) mass is 259 g/mol. The van der Waals surface area contributed by atoms with Crippen LogP contribution in [-0.4, -0.2) is 47.9 Å². The molecular weight excluding hydrogens is 238 g/mol. The van der Waals surface area contributed by atoms with Crippen LogP contribution < -0.4 is 4.90 Å². The second-order valence-corrected chi connectivity index (χ2v) is 5.75. The molecule has 1 aromatic heterocycles. The number of fused-ring (bicyclic) bond motifs is 2. The molecule has 2 aliphatic rings. The molecule has 2 bridgehead atoms. The Labute approximate surface area is 114 Å². The van der Waals surface area contributed by atoms with Gasteiger partial charge in [-0.25, -0.2) is 4.98 Å². The van der Waals surface area contributed by atoms with Gasteiger partial charge in [-0.1, -0.05) is 0 Å². The van der Waals surface area contributed by atoms with Gasteiger partial charge in [-0.3, -0.25) is 9.69 Å². The molecule has 4 heteroatoms. The van der Waals surface area contributed by atoms with E-state index < -0.39 is 0 Å². The summed E-state index contributed by atoms with van der Waals surface area (Å²) in [7, 11) is 2.25. The lowest BCUT2D eigenvalue weighted by Gasteiger charge is -2.26. The first-order valence-corrected chi connectivity index (χ1v) is 7.09. The summed E-state index contributed by atoms with van der Waals surface area (Å²) in [5, 5.41) is 0. The zero-order valence-corrected chi connectivity index (χ0v) is 11.7. The third kappa shape index (κ3) is 2.37. The number of carbonyl (C=O) groups excluding carboxylic acids is 1. The maximum Gasteiger partial charge on any atom is 0.161 e. The third-order valence-corrected chi connectivity index (χ3v) is 4.63. The number of aromatic nitrogens is 1. The third-order valence-electron chi connectivity index (χ3n) is 4.63. The second-order valence-electron chi connectivity index (χ2n) is 5.75. The second kappa shape index (κ2) is 4.93. The van der Waals surface area contributed by atoms with Crippen LogP contribution in [0.15, 0.2) is 18.3 Å². The molecule has 0 amide bonds. The minimum Gasteiger partial charge on any atom is -0.355 e. The van der Waals surface area contributed by atoms with Crippen molar-refractivity contribution in [2.45, 2.75) is 38.3 Å². The van der Waals surface area contributed by atoms with E-state index in [9.17, 15) is 4.79 Å². The Bertz CT molecular complexity index is 471. The lowest BCUT2D eigenvalue weighted by Crippen LogP contribution is -2.36. The average Bonchev–Trinajstić information content (AvgIpc) is 2.63. The number of rotatable bonds is 2. The van der Waals surface area contributed by atoms with Crippen molar-refractivity contribution in [2.24, 2.45) is 0 Å². The number of carbonyl (C=O) groups is 1. The fraction of sp³-hybridized carbons (Fsp3) is 0.600. The Morgan fingerprint density at radius 1 is 1.26 bits per heavy atom. The highest BCUT2D eigenvalue weighted by atomic mass is 16.1. The van der Waals surface area contributed by atoms with Crippen LogP contribution in [0.1, 0.15) is 36.5 Å². The zero-order chi connectivity index (χ0) is 13.4. The summed E-state index contributed by atoms with van der Waals surface area (Å²) >= 11 is 0. The van der Waals surface area contributed by atoms with E-state index in [2.05, 4.69) is 21.8 Å². The Balaban J connectivity index is 1.77. The fourth-order valence-electron chi connectivity index (χ4n) is 3.30. The van der Waals surface area contributed by atoms with Gasteiger partial charge >= 0.3 is 0 Å². The van der Waals surface area contributed by atoms with E-state index in [0.717, 1.165) is 24.9 Å². The number of hydrogen-bond donors (Lipinski definition) is 0. The molecule has 0 radical (unpaired) electrons. The first-order valence-electron chi connectivity index (χ1n) is 7.09. The van der Waals surface area contributed by atoms with Gasteiger partial charge in [0.05, 0.1) is 0 Å². The van der Waals surface area contributed by atoms with Crippen LogP contribution in [0, 0.1) is 0 Å². The van der Waals surface area contributed by atoms with Crippen LogP contribution in [0.5, 0.6) is 0 Å². The van der Waals surface area contributed by atoms with Crippen molar-refractivity contribution in [2.75, 3.05) is 25.0 Å². The minimum atomic E-state index is 0.0775. The van der Waals surface area contributed by atoms with Gasteiger partial charge in [0.25, 0.3) is 0 Å². The van der Waals surface area contributed by atoms with Crippen molar-refractivity contribution in [3.05, 3.63) is 23.9 Å². The van der Waals surface area contributed by atoms with Gasteiger partial charge in [-0.05, 0) is 45.4 Å². The van der Waals surface area contributed by atoms with E-state index in [1.165, 1.54) is 19.3 Å². The topological polar surface area (TPSA) is 36.4 Å². The molecule has 0 spiro atoms. The van der Waals surface area contributed by atoms with Gasteiger partial charge < -0.3 is 4.90 Å². The molecule has 102 valence electrons. The SMILES string of the molecule is CC(=O)c1ccc(N2CCC3CCC(C2)N3C)nc1. The molecule has 0 aliphatic carbocycles. The highest BCUT2D eigenvalue weighted by molar-refractivity contribution is 5.93. The summed E-state index contributed by atoms with van der Waals surface area (Å²) in [6.45, 7) is 3.70. The highest BCUT2D eigenvalue weighted by Crippen LogP contribution is 2.30. The molecule has 0 saturated carbocycles. The number of likely N-dealkylation sites (N-methyl/N-ethyl adjacent to an activating group) is 1.